The first-order valence-electron chi connectivity index (χ1n) is 5.78. The van der Waals surface area contributed by atoms with Crippen molar-refractivity contribution in [2.24, 2.45) is 0 Å². The van der Waals surface area contributed by atoms with Gasteiger partial charge in [-0.2, -0.15) is 0 Å². The van der Waals surface area contributed by atoms with Crippen molar-refractivity contribution in [3.63, 3.8) is 0 Å². The SMILES string of the molecule is C=C(CC(=O)O)C(=O)O.CCCCC=C1CC1. The van der Waals surface area contributed by atoms with Crippen LogP contribution in [0.1, 0.15) is 45.4 Å². The Morgan fingerprint density at radius 1 is 1.35 bits per heavy atom. The van der Waals surface area contributed by atoms with E-state index in [0.29, 0.717) is 0 Å². The van der Waals surface area contributed by atoms with Crippen LogP contribution < -0.4 is 0 Å². The normalized spacial score (nSPS) is 12.2. The van der Waals surface area contributed by atoms with Crippen LogP contribution in [0.5, 0.6) is 0 Å². The van der Waals surface area contributed by atoms with Gasteiger partial charge in [0.2, 0.25) is 0 Å². The molecule has 17 heavy (non-hydrogen) atoms. The Bertz CT molecular complexity index is 309. The van der Waals surface area contributed by atoms with Gasteiger partial charge < -0.3 is 10.2 Å². The van der Waals surface area contributed by atoms with Crippen LogP contribution in [0.3, 0.4) is 0 Å². The van der Waals surface area contributed by atoms with Crippen molar-refractivity contribution in [2.45, 2.75) is 45.4 Å². The van der Waals surface area contributed by atoms with E-state index in [2.05, 4.69) is 19.6 Å². The molecule has 0 radical (unpaired) electrons. The maximum Gasteiger partial charge on any atom is 0.331 e. The quantitative estimate of drug-likeness (QED) is 0.425. The van der Waals surface area contributed by atoms with E-state index in [9.17, 15) is 9.59 Å². The van der Waals surface area contributed by atoms with E-state index in [1.54, 1.807) is 5.57 Å². The van der Waals surface area contributed by atoms with Crippen molar-refractivity contribution >= 4 is 11.9 Å². The summed E-state index contributed by atoms with van der Waals surface area (Å²) < 4.78 is 0. The van der Waals surface area contributed by atoms with Crippen LogP contribution >= 0.6 is 0 Å². The average molecular weight is 240 g/mol. The first kappa shape index (κ1) is 15.4. The van der Waals surface area contributed by atoms with Crippen LogP contribution in [0.2, 0.25) is 0 Å². The minimum atomic E-state index is -1.27. The first-order valence-corrected chi connectivity index (χ1v) is 5.78. The molecule has 0 heterocycles. The molecule has 4 nitrogen and oxygen atoms in total. The fourth-order valence-electron chi connectivity index (χ4n) is 1.04. The molecular formula is C13H20O4. The van der Waals surface area contributed by atoms with E-state index in [-0.39, 0.29) is 5.57 Å². The van der Waals surface area contributed by atoms with Gasteiger partial charge in [-0.15, -0.1) is 0 Å². The van der Waals surface area contributed by atoms with Crippen LogP contribution in [-0.2, 0) is 9.59 Å². The average Bonchev–Trinajstić information content (AvgIpc) is 3.02. The largest absolute Gasteiger partial charge is 0.481 e. The summed E-state index contributed by atoms with van der Waals surface area (Å²) in [5, 5.41) is 16.1. The Morgan fingerprint density at radius 3 is 2.24 bits per heavy atom. The molecule has 0 aromatic carbocycles. The Morgan fingerprint density at radius 2 is 1.94 bits per heavy atom. The summed E-state index contributed by atoms with van der Waals surface area (Å²) >= 11 is 0. The Labute approximate surface area is 102 Å². The number of carbonyl (C=O) groups is 2. The molecule has 1 aliphatic carbocycles. The third-order valence-corrected chi connectivity index (χ3v) is 2.20. The van der Waals surface area contributed by atoms with Crippen molar-refractivity contribution in [1.29, 1.82) is 0 Å². The maximum absolute atomic E-state index is 9.87. The van der Waals surface area contributed by atoms with Gasteiger partial charge in [0.1, 0.15) is 0 Å². The van der Waals surface area contributed by atoms with E-state index in [1.807, 2.05) is 0 Å². The van der Waals surface area contributed by atoms with Crippen LogP contribution in [0.4, 0.5) is 0 Å². The van der Waals surface area contributed by atoms with Gasteiger partial charge in [-0.3, -0.25) is 4.79 Å². The predicted octanol–water partition coefficient (Wildman–Crippen LogP) is 3.00. The number of unbranched alkanes of at least 4 members (excludes halogenated alkanes) is 2. The predicted molar refractivity (Wildman–Crippen MR) is 65.9 cm³/mol. The Hall–Kier alpha value is -1.58. The molecule has 1 saturated carbocycles. The molecule has 0 aromatic rings. The van der Waals surface area contributed by atoms with Crippen LogP contribution in [-0.4, -0.2) is 22.2 Å². The van der Waals surface area contributed by atoms with Crippen LogP contribution in [0, 0.1) is 0 Å². The topological polar surface area (TPSA) is 74.6 Å². The summed E-state index contributed by atoms with van der Waals surface area (Å²) in [4.78, 5) is 19.7. The lowest BCUT2D eigenvalue weighted by molar-refractivity contribution is -0.139. The van der Waals surface area contributed by atoms with Gasteiger partial charge in [-0.05, 0) is 19.3 Å². The molecule has 96 valence electrons. The zero-order valence-electron chi connectivity index (χ0n) is 10.2. The second-order valence-corrected chi connectivity index (χ2v) is 3.98. The Kier molecular flexibility index (Phi) is 7.76. The first-order chi connectivity index (χ1) is 7.97. The molecule has 1 fully saturated rings. The molecule has 1 aliphatic rings. The van der Waals surface area contributed by atoms with E-state index >= 15 is 0 Å². The molecule has 0 amide bonds. The van der Waals surface area contributed by atoms with E-state index in [1.165, 1.54) is 32.1 Å². The second-order valence-electron chi connectivity index (χ2n) is 3.98. The third kappa shape index (κ3) is 10.7. The molecule has 0 unspecified atom stereocenters. The molecule has 2 N–H and O–H groups in total. The van der Waals surface area contributed by atoms with Crippen molar-refractivity contribution < 1.29 is 19.8 Å². The molecule has 4 heteroatoms. The highest BCUT2D eigenvalue weighted by atomic mass is 16.4. The molecule has 0 spiro atoms. The van der Waals surface area contributed by atoms with Gasteiger partial charge >= 0.3 is 11.9 Å². The lowest BCUT2D eigenvalue weighted by Gasteiger charge is -1.91. The molecule has 0 atom stereocenters. The summed E-state index contributed by atoms with van der Waals surface area (Å²) in [7, 11) is 0. The highest BCUT2D eigenvalue weighted by Crippen LogP contribution is 2.28. The fraction of sp³-hybridized carbons (Fsp3) is 0.538. The molecule has 0 bridgehead atoms. The third-order valence-electron chi connectivity index (χ3n) is 2.20. The van der Waals surface area contributed by atoms with E-state index in [4.69, 9.17) is 10.2 Å². The fourth-order valence-corrected chi connectivity index (χ4v) is 1.04. The number of hydrogen-bond donors (Lipinski definition) is 2. The number of carboxylic acids is 2. The van der Waals surface area contributed by atoms with Crippen molar-refractivity contribution in [3.05, 3.63) is 23.8 Å². The highest BCUT2D eigenvalue weighted by molar-refractivity contribution is 5.91. The monoisotopic (exact) mass is 240 g/mol. The van der Waals surface area contributed by atoms with E-state index < -0.39 is 18.4 Å². The van der Waals surface area contributed by atoms with Gasteiger partial charge in [0.05, 0.1) is 6.42 Å². The van der Waals surface area contributed by atoms with Crippen LogP contribution in [0.15, 0.2) is 23.8 Å². The molecular weight excluding hydrogens is 220 g/mol. The van der Waals surface area contributed by atoms with Crippen LogP contribution in [0.25, 0.3) is 0 Å². The van der Waals surface area contributed by atoms with Crippen molar-refractivity contribution in [2.75, 3.05) is 0 Å². The smallest absolute Gasteiger partial charge is 0.331 e. The van der Waals surface area contributed by atoms with Gasteiger partial charge in [0.25, 0.3) is 0 Å². The summed E-state index contributed by atoms with van der Waals surface area (Å²) in [5.41, 5.74) is 1.39. The maximum atomic E-state index is 9.87. The lowest BCUT2D eigenvalue weighted by Crippen LogP contribution is -2.04. The van der Waals surface area contributed by atoms with E-state index in [0.717, 1.165) is 0 Å². The van der Waals surface area contributed by atoms with Crippen molar-refractivity contribution in [1.82, 2.24) is 0 Å². The zero-order chi connectivity index (χ0) is 13.3. The van der Waals surface area contributed by atoms with Gasteiger partial charge in [-0.1, -0.05) is 38.0 Å². The van der Waals surface area contributed by atoms with Gasteiger partial charge in [0, 0.05) is 5.57 Å². The zero-order valence-corrected chi connectivity index (χ0v) is 10.2. The number of carboxylic acid groups (broad SMARTS) is 2. The number of hydrogen-bond acceptors (Lipinski definition) is 2. The standard InChI is InChI=1S/C8H14.C5H6O4/c1-2-3-4-5-8-6-7-8;1-3(5(8)9)2-4(6)7/h5H,2-4,6-7H2,1H3;1-2H2,(H,6,7)(H,8,9). The van der Waals surface area contributed by atoms with Crippen molar-refractivity contribution in [3.8, 4) is 0 Å². The molecule has 0 aliphatic heterocycles. The molecule has 0 aromatic heterocycles. The summed E-state index contributed by atoms with van der Waals surface area (Å²) in [6.45, 7) is 5.26. The molecule has 1 rings (SSSR count). The minimum absolute atomic E-state index is 0.303. The summed E-state index contributed by atoms with van der Waals surface area (Å²) in [6.07, 6.45) is 8.73. The van der Waals surface area contributed by atoms with Gasteiger partial charge in [-0.25, -0.2) is 4.79 Å². The highest BCUT2D eigenvalue weighted by Gasteiger charge is 2.08. The second kappa shape index (κ2) is 8.56. The molecule has 0 saturated heterocycles. The number of aliphatic carboxylic acids is 2. The lowest BCUT2D eigenvalue weighted by atomic mass is 10.2. The summed E-state index contributed by atoms with van der Waals surface area (Å²) in [6, 6.07) is 0. The number of allylic oxidation sites excluding steroid dienone is 2. The number of rotatable bonds is 6. The van der Waals surface area contributed by atoms with Gasteiger partial charge in [0.15, 0.2) is 0 Å². The summed E-state index contributed by atoms with van der Waals surface area (Å²) in [5.74, 6) is -2.44. The Balaban J connectivity index is 0.000000302. The minimum Gasteiger partial charge on any atom is -0.481 e.